The Morgan fingerprint density at radius 3 is 2.34 bits per heavy atom. The van der Waals surface area contributed by atoms with E-state index in [0.29, 0.717) is 12.5 Å². The zero-order valence-corrected chi connectivity index (χ0v) is 18.6. The molecule has 2 aromatic carbocycles. The van der Waals surface area contributed by atoms with Gasteiger partial charge in [0.05, 0.1) is 15.6 Å². The van der Waals surface area contributed by atoms with Crippen LogP contribution in [0.4, 0.5) is 0 Å². The third-order valence-corrected chi connectivity index (χ3v) is 7.27. The van der Waals surface area contributed by atoms with E-state index in [0.717, 1.165) is 18.4 Å². The number of carbonyl (C=O) groups excluding carboxylic acids is 1. The third kappa shape index (κ3) is 5.51. The van der Waals surface area contributed by atoms with Crippen LogP contribution >= 0.6 is 23.2 Å². The summed E-state index contributed by atoms with van der Waals surface area (Å²) in [6.07, 6.45) is 1.60. The highest BCUT2D eigenvalue weighted by Gasteiger charge is 2.30. The molecule has 0 saturated heterocycles. The minimum Gasteiger partial charge on any atom is -0.351 e. The van der Waals surface area contributed by atoms with Crippen LogP contribution in [0, 0.1) is 5.92 Å². The molecule has 2 N–H and O–H groups in total. The van der Waals surface area contributed by atoms with Gasteiger partial charge in [0.2, 0.25) is 10.0 Å². The maximum Gasteiger partial charge on any atom is 0.252 e. The summed E-state index contributed by atoms with van der Waals surface area (Å²) < 4.78 is 27.7. The molecule has 3 rings (SSSR count). The van der Waals surface area contributed by atoms with Crippen molar-refractivity contribution in [3.05, 3.63) is 63.6 Å². The summed E-state index contributed by atoms with van der Waals surface area (Å²) in [6.45, 7) is 4.59. The summed E-state index contributed by atoms with van der Waals surface area (Å²) >= 11 is 12.3. The van der Waals surface area contributed by atoms with Crippen LogP contribution < -0.4 is 10.0 Å². The van der Waals surface area contributed by atoms with Gasteiger partial charge in [0.25, 0.3) is 5.91 Å². The average Bonchev–Trinajstić information content (AvgIpc) is 3.45. The number of nitrogens with one attached hydrogen (secondary N) is 2. The van der Waals surface area contributed by atoms with Gasteiger partial charge in [-0.25, -0.2) is 13.1 Å². The molecule has 2 aromatic rings. The quantitative estimate of drug-likeness (QED) is 0.611. The fraction of sp³-hybridized carbons (Fsp3) is 0.381. The van der Waals surface area contributed by atoms with Crippen molar-refractivity contribution in [2.24, 2.45) is 5.92 Å². The summed E-state index contributed by atoms with van der Waals surface area (Å²) in [4.78, 5) is 12.7. The van der Waals surface area contributed by atoms with Crippen molar-refractivity contribution < 1.29 is 13.2 Å². The third-order valence-electron chi connectivity index (χ3n) is 4.97. The number of carbonyl (C=O) groups is 1. The highest BCUT2D eigenvalue weighted by molar-refractivity contribution is 7.89. The lowest BCUT2D eigenvalue weighted by Gasteiger charge is -2.22. The van der Waals surface area contributed by atoms with Gasteiger partial charge in [0.15, 0.2) is 0 Å². The molecule has 1 amide bonds. The first-order chi connectivity index (χ1) is 13.7. The molecule has 0 spiro atoms. The Hall–Kier alpha value is -1.60. The van der Waals surface area contributed by atoms with E-state index in [1.807, 2.05) is 30.3 Å². The maximum absolute atomic E-state index is 12.8. The van der Waals surface area contributed by atoms with E-state index in [1.165, 1.54) is 12.1 Å². The van der Waals surface area contributed by atoms with E-state index in [-0.39, 0.29) is 32.5 Å². The van der Waals surface area contributed by atoms with E-state index in [2.05, 4.69) is 23.9 Å². The van der Waals surface area contributed by atoms with E-state index < -0.39 is 15.9 Å². The van der Waals surface area contributed by atoms with Crippen LogP contribution in [-0.2, 0) is 10.0 Å². The molecule has 29 heavy (non-hydrogen) atoms. The van der Waals surface area contributed by atoms with Crippen LogP contribution in [0.5, 0.6) is 0 Å². The monoisotopic (exact) mass is 454 g/mol. The van der Waals surface area contributed by atoms with Crippen LogP contribution in [0.1, 0.15) is 48.5 Å². The van der Waals surface area contributed by atoms with Crippen LogP contribution in [-0.4, -0.2) is 26.9 Å². The lowest BCUT2D eigenvalue weighted by Crippen LogP contribution is -2.31. The lowest BCUT2D eigenvalue weighted by atomic mass is 9.88. The molecular weight excluding hydrogens is 431 g/mol. The number of hydrogen-bond acceptors (Lipinski definition) is 3. The van der Waals surface area contributed by atoms with E-state index in [1.54, 1.807) is 0 Å². The Balaban J connectivity index is 1.80. The van der Waals surface area contributed by atoms with Gasteiger partial charge in [-0.1, -0.05) is 67.4 Å². The van der Waals surface area contributed by atoms with Crippen LogP contribution in [0.2, 0.25) is 10.0 Å². The van der Waals surface area contributed by atoms with Gasteiger partial charge in [-0.15, -0.1) is 0 Å². The van der Waals surface area contributed by atoms with E-state index >= 15 is 0 Å². The molecule has 0 radical (unpaired) electrons. The smallest absolute Gasteiger partial charge is 0.252 e. The molecule has 1 unspecified atom stereocenters. The number of halogens is 2. The van der Waals surface area contributed by atoms with Gasteiger partial charge in [-0.05, 0) is 36.5 Å². The van der Waals surface area contributed by atoms with Crippen molar-refractivity contribution in [3.63, 3.8) is 0 Å². The van der Waals surface area contributed by atoms with Crippen molar-refractivity contribution in [2.75, 3.05) is 6.54 Å². The summed E-state index contributed by atoms with van der Waals surface area (Å²) in [6, 6.07) is 12.4. The van der Waals surface area contributed by atoms with Crippen molar-refractivity contribution in [2.45, 2.75) is 43.5 Å². The second-order valence-corrected chi connectivity index (χ2v) is 10.1. The molecule has 0 aromatic heterocycles. The minimum absolute atomic E-state index is 0.0101. The number of benzene rings is 2. The highest BCUT2D eigenvalue weighted by Crippen LogP contribution is 2.31. The molecule has 0 bridgehead atoms. The highest BCUT2D eigenvalue weighted by atomic mass is 35.5. The van der Waals surface area contributed by atoms with Gasteiger partial charge in [-0.2, -0.15) is 0 Å². The van der Waals surface area contributed by atoms with Gasteiger partial charge in [-0.3, -0.25) is 4.79 Å². The molecule has 5 nitrogen and oxygen atoms in total. The Kier molecular flexibility index (Phi) is 6.89. The van der Waals surface area contributed by atoms with Gasteiger partial charge >= 0.3 is 0 Å². The van der Waals surface area contributed by atoms with Crippen molar-refractivity contribution in [1.82, 2.24) is 10.0 Å². The summed E-state index contributed by atoms with van der Waals surface area (Å²) in [5.41, 5.74) is 1.21. The summed E-state index contributed by atoms with van der Waals surface area (Å²) in [7, 11) is -3.81. The molecule has 1 aliphatic carbocycles. The fourth-order valence-electron chi connectivity index (χ4n) is 3.13. The molecular formula is C21H24Cl2N2O3S. The molecule has 1 saturated carbocycles. The fourth-order valence-corrected chi connectivity index (χ4v) is 5.29. The number of sulfonamides is 1. The largest absolute Gasteiger partial charge is 0.351 e. The Morgan fingerprint density at radius 2 is 1.76 bits per heavy atom. The Morgan fingerprint density at radius 1 is 1.10 bits per heavy atom. The standard InChI is InChI=1S/C21H24Cl2N2O3S/c1-13(2)17(14-6-4-3-5-7-14)12-24-21(26)16-10-20(19(23)11-18(16)22)29(27,28)25-15-8-9-15/h3-7,10-11,13,15,17,25H,8-9,12H2,1-2H3,(H,24,26). The predicted molar refractivity (Wildman–Crippen MR) is 116 cm³/mol. The van der Waals surface area contributed by atoms with E-state index in [9.17, 15) is 13.2 Å². The molecule has 156 valence electrons. The maximum atomic E-state index is 12.8. The predicted octanol–water partition coefficient (Wildman–Crippen LogP) is 4.60. The lowest BCUT2D eigenvalue weighted by molar-refractivity contribution is 0.0949. The molecule has 1 atom stereocenters. The van der Waals surface area contributed by atoms with Crippen LogP contribution in [0.25, 0.3) is 0 Å². The molecule has 0 heterocycles. The Labute approximate surface area is 181 Å². The van der Waals surface area contributed by atoms with Crippen LogP contribution in [0.3, 0.4) is 0 Å². The molecule has 8 heteroatoms. The first kappa shape index (κ1) is 22.1. The number of rotatable bonds is 8. The van der Waals surface area contributed by atoms with E-state index in [4.69, 9.17) is 23.2 Å². The Bertz CT molecular complexity index is 990. The summed E-state index contributed by atoms with van der Waals surface area (Å²) in [5.74, 6) is -0.0147. The average molecular weight is 455 g/mol. The second kappa shape index (κ2) is 9.04. The van der Waals surface area contributed by atoms with Gasteiger partial charge in [0, 0.05) is 18.5 Å². The van der Waals surface area contributed by atoms with Crippen molar-refractivity contribution >= 4 is 39.1 Å². The second-order valence-electron chi connectivity index (χ2n) is 7.63. The molecule has 0 aliphatic heterocycles. The molecule has 1 aliphatic rings. The number of amides is 1. The van der Waals surface area contributed by atoms with Crippen molar-refractivity contribution in [3.8, 4) is 0 Å². The minimum atomic E-state index is -3.81. The summed E-state index contributed by atoms with van der Waals surface area (Å²) in [5, 5.41) is 2.99. The topological polar surface area (TPSA) is 75.3 Å². The number of hydrogen-bond donors (Lipinski definition) is 2. The first-order valence-electron chi connectivity index (χ1n) is 9.53. The van der Waals surface area contributed by atoms with Gasteiger partial charge < -0.3 is 5.32 Å². The zero-order chi connectivity index (χ0) is 21.2. The van der Waals surface area contributed by atoms with Gasteiger partial charge in [0.1, 0.15) is 4.90 Å². The zero-order valence-electron chi connectivity index (χ0n) is 16.3. The SMILES string of the molecule is CC(C)C(CNC(=O)c1cc(S(=O)(=O)NC2CC2)c(Cl)cc1Cl)c1ccccc1. The normalized spacial score (nSPS) is 15.3. The van der Waals surface area contributed by atoms with Crippen LogP contribution in [0.15, 0.2) is 47.4 Å². The first-order valence-corrected chi connectivity index (χ1v) is 11.8. The molecule has 1 fully saturated rings. The van der Waals surface area contributed by atoms with Crippen molar-refractivity contribution in [1.29, 1.82) is 0 Å².